The van der Waals surface area contributed by atoms with E-state index in [0.29, 0.717) is 5.56 Å². The van der Waals surface area contributed by atoms with Gasteiger partial charge in [0.05, 0.1) is 6.42 Å². The van der Waals surface area contributed by atoms with Crippen molar-refractivity contribution in [3.63, 3.8) is 0 Å². The first-order chi connectivity index (χ1) is 14.1. The van der Waals surface area contributed by atoms with Crippen LogP contribution in [-0.2, 0) is 16.6 Å². The number of hydrazine groups is 1. The molecule has 150 valence electrons. The van der Waals surface area contributed by atoms with E-state index >= 15 is 0 Å². The SMILES string of the molecule is O=C(Cc1ccccc1)NNC(=O)c1ccnc(C23CC4CC(CC(C4)C2)C3)c1. The van der Waals surface area contributed by atoms with Gasteiger partial charge in [-0.2, -0.15) is 0 Å². The summed E-state index contributed by atoms with van der Waals surface area (Å²) in [7, 11) is 0. The maximum absolute atomic E-state index is 12.6. The van der Waals surface area contributed by atoms with Crippen LogP contribution in [0.1, 0.15) is 60.1 Å². The number of carbonyl (C=O) groups excluding carboxylic acids is 2. The zero-order valence-electron chi connectivity index (χ0n) is 16.6. The van der Waals surface area contributed by atoms with Gasteiger partial charge in [-0.25, -0.2) is 0 Å². The van der Waals surface area contributed by atoms with Gasteiger partial charge in [-0.05, 0) is 74.0 Å². The maximum Gasteiger partial charge on any atom is 0.269 e. The third kappa shape index (κ3) is 3.66. The molecule has 2 amide bonds. The molecule has 1 aromatic heterocycles. The monoisotopic (exact) mass is 389 g/mol. The molecular weight excluding hydrogens is 362 g/mol. The second-order valence-electron chi connectivity index (χ2n) is 9.29. The lowest BCUT2D eigenvalue weighted by Crippen LogP contribution is -2.49. The van der Waals surface area contributed by atoms with Gasteiger partial charge in [0, 0.05) is 22.9 Å². The lowest BCUT2D eigenvalue weighted by molar-refractivity contribution is -0.121. The molecule has 4 bridgehead atoms. The molecule has 2 aromatic rings. The second kappa shape index (κ2) is 7.29. The number of nitrogens with zero attached hydrogens (tertiary/aromatic N) is 1. The molecule has 0 saturated heterocycles. The molecule has 4 aliphatic rings. The van der Waals surface area contributed by atoms with Crippen LogP contribution in [0.4, 0.5) is 0 Å². The minimum atomic E-state index is -0.292. The lowest BCUT2D eigenvalue weighted by atomic mass is 9.48. The summed E-state index contributed by atoms with van der Waals surface area (Å²) in [6.07, 6.45) is 9.76. The summed E-state index contributed by atoms with van der Waals surface area (Å²) >= 11 is 0. The van der Waals surface area contributed by atoms with Crippen LogP contribution in [0.2, 0.25) is 0 Å². The fraction of sp³-hybridized carbons (Fsp3) is 0.458. The van der Waals surface area contributed by atoms with E-state index in [1.54, 1.807) is 12.3 Å². The quantitative estimate of drug-likeness (QED) is 0.786. The van der Waals surface area contributed by atoms with E-state index in [4.69, 9.17) is 4.98 Å². The van der Waals surface area contributed by atoms with Gasteiger partial charge in [0.2, 0.25) is 5.91 Å². The maximum atomic E-state index is 12.6. The number of pyridine rings is 1. The lowest BCUT2D eigenvalue weighted by Gasteiger charge is -2.56. The Balaban J connectivity index is 1.25. The molecule has 4 saturated carbocycles. The Bertz CT molecular complexity index is 889. The number of nitrogens with one attached hydrogen (secondary N) is 2. The number of hydrogen-bond donors (Lipinski definition) is 2. The van der Waals surface area contributed by atoms with Gasteiger partial charge in [0.25, 0.3) is 5.91 Å². The highest BCUT2D eigenvalue weighted by molar-refractivity contribution is 5.95. The van der Waals surface area contributed by atoms with E-state index in [-0.39, 0.29) is 23.7 Å². The normalized spacial score (nSPS) is 29.4. The molecule has 0 radical (unpaired) electrons. The highest BCUT2D eigenvalue weighted by atomic mass is 16.2. The van der Waals surface area contributed by atoms with Crippen molar-refractivity contribution in [3.05, 3.63) is 65.5 Å². The molecule has 0 atom stereocenters. The van der Waals surface area contributed by atoms with Gasteiger partial charge in [-0.1, -0.05) is 30.3 Å². The second-order valence-corrected chi connectivity index (χ2v) is 9.29. The molecule has 1 heterocycles. The van der Waals surface area contributed by atoms with Crippen molar-refractivity contribution in [2.24, 2.45) is 17.8 Å². The Morgan fingerprint density at radius 3 is 2.24 bits per heavy atom. The number of rotatable bonds is 4. The largest absolute Gasteiger partial charge is 0.273 e. The van der Waals surface area contributed by atoms with E-state index < -0.39 is 0 Å². The van der Waals surface area contributed by atoms with Crippen molar-refractivity contribution in [3.8, 4) is 0 Å². The Morgan fingerprint density at radius 1 is 0.931 bits per heavy atom. The Kier molecular flexibility index (Phi) is 4.61. The predicted molar refractivity (Wildman–Crippen MR) is 110 cm³/mol. The third-order valence-electron chi connectivity index (χ3n) is 7.13. The molecule has 5 heteroatoms. The number of hydrogen-bond acceptors (Lipinski definition) is 3. The number of carbonyl (C=O) groups is 2. The Morgan fingerprint density at radius 2 is 1.59 bits per heavy atom. The van der Waals surface area contributed by atoms with Crippen LogP contribution < -0.4 is 10.9 Å². The number of amides is 2. The van der Waals surface area contributed by atoms with E-state index in [1.807, 2.05) is 36.4 Å². The summed E-state index contributed by atoms with van der Waals surface area (Å²) in [5, 5.41) is 0. The summed E-state index contributed by atoms with van der Waals surface area (Å²) in [5.41, 5.74) is 7.77. The zero-order valence-corrected chi connectivity index (χ0v) is 16.6. The summed E-state index contributed by atoms with van der Waals surface area (Å²) in [4.78, 5) is 29.4. The molecule has 2 N–H and O–H groups in total. The summed E-state index contributed by atoms with van der Waals surface area (Å²) < 4.78 is 0. The number of benzene rings is 1. The van der Waals surface area contributed by atoms with Crippen LogP contribution in [0.15, 0.2) is 48.7 Å². The van der Waals surface area contributed by atoms with Gasteiger partial charge in [-0.3, -0.25) is 25.4 Å². The molecule has 4 aliphatic carbocycles. The van der Waals surface area contributed by atoms with E-state index in [1.165, 1.54) is 38.5 Å². The fourth-order valence-electron chi connectivity index (χ4n) is 6.31. The van der Waals surface area contributed by atoms with Crippen LogP contribution in [0.3, 0.4) is 0 Å². The fourth-order valence-corrected chi connectivity index (χ4v) is 6.31. The highest BCUT2D eigenvalue weighted by Gasteiger charge is 2.52. The highest BCUT2D eigenvalue weighted by Crippen LogP contribution is 2.60. The topological polar surface area (TPSA) is 71.1 Å². The summed E-state index contributed by atoms with van der Waals surface area (Å²) in [6, 6.07) is 13.2. The molecule has 29 heavy (non-hydrogen) atoms. The Hall–Kier alpha value is -2.69. The summed E-state index contributed by atoms with van der Waals surface area (Å²) in [6.45, 7) is 0. The molecular formula is C24H27N3O2. The van der Waals surface area contributed by atoms with Gasteiger partial charge in [0.15, 0.2) is 0 Å². The van der Waals surface area contributed by atoms with Crippen molar-refractivity contribution in [1.29, 1.82) is 0 Å². The van der Waals surface area contributed by atoms with Crippen LogP contribution in [0.25, 0.3) is 0 Å². The van der Waals surface area contributed by atoms with Gasteiger partial charge >= 0.3 is 0 Å². The van der Waals surface area contributed by atoms with E-state index in [0.717, 1.165) is 29.0 Å². The molecule has 6 rings (SSSR count). The Labute approximate surface area is 171 Å². The predicted octanol–water partition coefficient (Wildman–Crippen LogP) is 3.55. The minimum Gasteiger partial charge on any atom is -0.273 e. The van der Waals surface area contributed by atoms with Crippen molar-refractivity contribution in [2.75, 3.05) is 0 Å². The molecule has 0 aliphatic heterocycles. The first kappa shape index (κ1) is 18.3. The standard InChI is InChI=1S/C24H27N3O2/c28-22(11-16-4-2-1-3-5-16)26-27-23(29)20-6-7-25-21(12-20)24-13-17-8-18(14-24)10-19(9-17)15-24/h1-7,12,17-19H,8-11,13-15H2,(H,26,28)(H,27,29). The van der Waals surface area contributed by atoms with E-state index in [2.05, 4.69) is 10.9 Å². The first-order valence-corrected chi connectivity index (χ1v) is 10.7. The van der Waals surface area contributed by atoms with E-state index in [9.17, 15) is 9.59 Å². The smallest absolute Gasteiger partial charge is 0.269 e. The van der Waals surface area contributed by atoms with Crippen molar-refractivity contribution >= 4 is 11.8 Å². The van der Waals surface area contributed by atoms with Gasteiger partial charge < -0.3 is 0 Å². The number of aromatic nitrogens is 1. The molecule has 4 fully saturated rings. The molecule has 5 nitrogen and oxygen atoms in total. The molecule has 0 spiro atoms. The summed E-state index contributed by atoms with van der Waals surface area (Å²) in [5.74, 6) is 1.97. The third-order valence-corrected chi connectivity index (χ3v) is 7.13. The van der Waals surface area contributed by atoms with Crippen molar-refractivity contribution in [1.82, 2.24) is 15.8 Å². The van der Waals surface area contributed by atoms with Crippen molar-refractivity contribution < 1.29 is 9.59 Å². The zero-order chi connectivity index (χ0) is 19.8. The van der Waals surface area contributed by atoms with Gasteiger partial charge in [-0.15, -0.1) is 0 Å². The van der Waals surface area contributed by atoms with Crippen LogP contribution in [0, 0.1) is 17.8 Å². The van der Waals surface area contributed by atoms with Crippen LogP contribution >= 0.6 is 0 Å². The first-order valence-electron chi connectivity index (χ1n) is 10.7. The average Bonchev–Trinajstić information content (AvgIpc) is 2.72. The van der Waals surface area contributed by atoms with Crippen LogP contribution in [-0.4, -0.2) is 16.8 Å². The minimum absolute atomic E-state index is 0.154. The van der Waals surface area contributed by atoms with Gasteiger partial charge in [0.1, 0.15) is 0 Å². The molecule has 0 unspecified atom stereocenters. The average molecular weight is 389 g/mol. The van der Waals surface area contributed by atoms with Crippen LogP contribution in [0.5, 0.6) is 0 Å². The van der Waals surface area contributed by atoms with Crippen molar-refractivity contribution in [2.45, 2.75) is 50.4 Å². The molecule has 1 aromatic carbocycles.